The number of aromatic hydroxyl groups is 1. The minimum Gasteiger partial charge on any atom is -0.504 e. The van der Waals surface area contributed by atoms with Crippen molar-refractivity contribution in [3.05, 3.63) is 23.8 Å². The van der Waals surface area contributed by atoms with Gasteiger partial charge in [0.2, 0.25) is 0 Å². The molecule has 0 spiro atoms. The largest absolute Gasteiger partial charge is 0.504 e. The van der Waals surface area contributed by atoms with Crippen LogP contribution in [0.4, 0.5) is 0 Å². The summed E-state index contributed by atoms with van der Waals surface area (Å²) in [4.78, 5) is 21.9. The number of benzene rings is 1. The van der Waals surface area contributed by atoms with E-state index in [1.807, 2.05) is 0 Å². The van der Waals surface area contributed by atoms with Crippen molar-refractivity contribution >= 4 is 23.9 Å². The van der Waals surface area contributed by atoms with E-state index >= 15 is 0 Å². The molecule has 0 radical (unpaired) electrons. The molecule has 5 heteroatoms. The normalized spacial score (nSPS) is 9.81. The number of rotatable bonds is 5. The Balaban J connectivity index is 2.79. The van der Waals surface area contributed by atoms with E-state index in [-0.39, 0.29) is 23.5 Å². The van der Waals surface area contributed by atoms with Crippen molar-refractivity contribution in [1.82, 2.24) is 0 Å². The van der Waals surface area contributed by atoms with E-state index in [4.69, 9.17) is 16.3 Å². The number of hydrogen-bond acceptors (Lipinski definition) is 4. The van der Waals surface area contributed by atoms with Crippen LogP contribution in [0.5, 0.6) is 11.5 Å². The lowest BCUT2D eigenvalue weighted by atomic mass is 10.2. The fourth-order valence-corrected chi connectivity index (χ4v) is 1.26. The molecule has 86 valence electrons. The summed E-state index contributed by atoms with van der Waals surface area (Å²) in [5.41, 5.74) is 0.138. The fourth-order valence-electron chi connectivity index (χ4n) is 1.12. The maximum Gasteiger partial charge on any atom is 0.311 e. The van der Waals surface area contributed by atoms with Crippen LogP contribution in [0.1, 0.15) is 23.2 Å². The average Bonchev–Trinajstić information content (AvgIpc) is 2.29. The van der Waals surface area contributed by atoms with E-state index in [9.17, 15) is 14.7 Å². The van der Waals surface area contributed by atoms with Crippen LogP contribution in [-0.4, -0.2) is 23.2 Å². The van der Waals surface area contributed by atoms with Crippen LogP contribution in [0.2, 0.25) is 0 Å². The Bertz CT molecular complexity index is 390. The van der Waals surface area contributed by atoms with Gasteiger partial charge in [0.05, 0.1) is 5.56 Å². The van der Waals surface area contributed by atoms with Gasteiger partial charge in [-0.05, 0) is 18.6 Å². The number of halogens is 1. The molecule has 0 bridgehead atoms. The summed E-state index contributed by atoms with van der Waals surface area (Å²) in [5.74, 6) is -0.498. The van der Waals surface area contributed by atoms with Gasteiger partial charge in [-0.3, -0.25) is 9.59 Å². The quantitative estimate of drug-likeness (QED) is 0.372. The van der Waals surface area contributed by atoms with Crippen LogP contribution < -0.4 is 4.74 Å². The van der Waals surface area contributed by atoms with Crippen molar-refractivity contribution in [3.8, 4) is 11.5 Å². The molecule has 0 amide bonds. The molecule has 0 saturated carbocycles. The van der Waals surface area contributed by atoms with Gasteiger partial charge >= 0.3 is 5.97 Å². The number of phenols is 1. The molecule has 0 unspecified atom stereocenters. The van der Waals surface area contributed by atoms with Crippen LogP contribution in [0.3, 0.4) is 0 Å². The summed E-state index contributed by atoms with van der Waals surface area (Å²) < 4.78 is 4.89. The van der Waals surface area contributed by atoms with Crippen molar-refractivity contribution < 1.29 is 19.4 Å². The van der Waals surface area contributed by atoms with Gasteiger partial charge < -0.3 is 9.84 Å². The van der Waals surface area contributed by atoms with Crippen LogP contribution in [0, 0.1) is 0 Å². The first-order valence-corrected chi connectivity index (χ1v) is 5.26. The van der Waals surface area contributed by atoms with E-state index in [1.165, 1.54) is 18.2 Å². The summed E-state index contributed by atoms with van der Waals surface area (Å²) in [5, 5.41) is 9.43. The smallest absolute Gasteiger partial charge is 0.311 e. The Morgan fingerprint density at radius 3 is 2.88 bits per heavy atom. The highest BCUT2D eigenvalue weighted by molar-refractivity contribution is 6.17. The van der Waals surface area contributed by atoms with Crippen LogP contribution in [0.15, 0.2) is 18.2 Å². The number of ether oxygens (including phenoxy) is 1. The maximum absolute atomic E-state index is 11.3. The molecule has 0 saturated heterocycles. The second-order valence-electron chi connectivity index (χ2n) is 3.08. The molecule has 4 nitrogen and oxygen atoms in total. The monoisotopic (exact) mass is 242 g/mol. The number of carbonyl (C=O) groups is 2. The van der Waals surface area contributed by atoms with Gasteiger partial charge in [0.15, 0.2) is 17.8 Å². The molecule has 16 heavy (non-hydrogen) atoms. The van der Waals surface area contributed by atoms with Gasteiger partial charge in [0.25, 0.3) is 0 Å². The SMILES string of the molecule is O=Cc1cccc(O)c1OC(=O)CCCCl. The number of aldehydes is 1. The highest BCUT2D eigenvalue weighted by atomic mass is 35.5. The third kappa shape index (κ3) is 3.24. The Morgan fingerprint density at radius 2 is 2.25 bits per heavy atom. The molecular formula is C11H11ClO4. The molecule has 1 aromatic rings. The van der Waals surface area contributed by atoms with Crippen LogP contribution in [-0.2, 0) is 4.79 Å². The van der Waals surface area contributed by atoms with E-state index in [1.54, 1.807) is 0 Å². The molecule has 0 aliphatic heterocycles. The lowest BCUT2D eigenvalue weighted by Crippen LogP contribution is -2.09. The molecule has 0 fully saturated rings. The predicted molar refractivity (Wildman–Crippen MR) is 59.1 cm³/mol. The number of carbonyl (C=O) groups excluding carboxylic acids is 2. The second kappa shape index (κ2) is 6.12. The van der Waals surface area contributed by atoms with E-state index in [2.05, 4.69) is 0 Å². The molecule has 1 rings (SSSR count). The van der Waals surface area contributed by atoms with Gasteiger partial charge in [-0.15, -0.1) is 11.6 Å². The van der Waals surface area contributed by atoms with Crippen molar-refractivity contribution in [2.45, 2.75) is 12.8 Å². The van der Waals surface area contributed by atoms with Crippen molar-refractivity contribution in [2.75, 3.05) is 5.88 Å². The molecular weight excluding hydrogens is 232 g/mol. The first-order valence-electron chi connectivity index (χ1n) is 4.73. The molecule has 1 N–H and O–H groups in total. The predicted octanol–water partition coefficient (Wildman–Crippen LogP) is 2.13. The number of hydrogen-bond donors (Lipinski definition) is 1. The van der Waals surface area contributed by atoms with Crippen molar-refractivity contribution in [1.29, 1.82) is 0 Å². The Labute approximate surface area is 97.8 Å². The Hall–Kier alpha value is -1.55. The molecule has 0 aliphatic carbocycles. The van der Waals surface area contributed by atoms with Gasteiger partial charge in [-0.2, -0.15) is 0 Å². The zero-order chi connectivity index (χ0) is 12.0. The highest BCUT2D eigenvalue weighted by Gasteiger charge is 2.12. The summed E-state index contributed by atoms with van der Waals surface area (Å²) in [7, 11) is 0. The van der Waals surface area contributed by atoms with Crippen molar-refractivity contribution in [2.24, 2.45) is 0 Å². The van der Waals surface area contributed by atoms with E-state index in [0.29, 0.717) is 18.6 Å². The van der Waals surface area contributed by atoms with Gasteiger partial charge in [0, 0.05) is 12.3 Å². The Morgan fingerprint density at radius 1 is 1.50 bits per heavy atom. The summed E-state index contributed by atoms with van der Waals surface area (Å²) in [6.07, 6.45) is 1.16. The third-order valence-corrected chi connectivity index (χ3v) is 2.15. The van der Waals surface area contributed by atoms with Gasteiger partial charge in [-0.1, -0.05) is 6.07 Å². The molecule has 0 atom stereocenters. The summed E-state index contributed by atoms with van der Waals surface area (Å²) >= 11 is 5.43. The zero-order valence-electron chi connectivity index (χ0n) is 8.48. The third-order valence-electron chi connectivity index (χ3n) is 1.88. The van der Waals surface area contributed by atoms with E-state index < -0.39 is 5.97 Å². The first-order chi connectivity index (χ1) is 7.69. The standard InChI is InChI=1S/C11H11ClO4/c12-6-2-5-10(15)16-11-8(7-13)3-1-4-9(11)14/h1,3-4,7,14H,2,5-6H2. The zero-order valence-corrected chi connectivity index (χ0v) is 9.24. The van der Waals surface area contributed by atoms with Gasteiger partial charge in [-0.25, -0.2) is 0 Å². The summed E-state index contributed by atoms with van der Waals surface area (Å²) in [6, 6.07) is 4.29. The number of alkyl halides is 1. The number of esters is 1. The lowest BCUT2D eigenvalue weighted by molar-refractivity contribution is -0.134. The molecule has 0 aromatic heterocycles. The minimum absolute atomic E-state index is 0.0999. The van der Waals surface area contributed by atoms with Crippen molar-refractivity contribution in [3.63, 3.8) is 0 Å². The minimum atomic E-state index is -0.523. The fraction of sp³-hybridized carbons (Fsp3) is 0.273. The number of phenolic OH excluding ortho intramolecular Hbond substituents is 1. The lowest BCUT2D eigenvalue weighted by Gasteiger charge is -2.07. The summed E-state index contributed by atoms with van der Waals surface area (Å²) in [6.45, 7) is 0. The second-order valence-corrected chi connectivity index (χ2v) is 3.46. The maximum atomic E-state index is 11.3. The first kappa shape index (κ1) is 12.5. The molecule has 1 aromatic carbocycles. The molecule has 0 heterocycles. The average molecular weight is 243 g/mol. The topological polar surface area (TPSA) is 63.6 Å². The van der Waals surface area contributed by atoms with Crippen LogP contribution in [0.25, 0.3) is 0 Å². The highest BCUT2D eigenvalue weighted by Crippen LogP contribution is 2.29. The number of para-hydroxylation sites is 1. The van der Waals surface area contributed by atoms with Crippen LogP contribution >= 0.6 is 11.6 Å². The molecule has 0 aliphatic rings. The van der Waals surface area contributed by atoms with Gasteiger partial charge in [0.1, 0.15) is 0 Å². The Kier molecular flexibility index (Phi) is 4.79. The van der Waals surface area contributed by atoms with E-state index in [0.717, 1.165) is 0 Å².